The highest BCUT2D eigenvalue weighted by Crippen LogP contribution is 2.21. The van der Waals surface area contributed by atoms with Gasteiger partial charge in [0.15, 0.2) is 0 Å². The van der Waals surface area contributed by atoms with Crippen LogP contribution in [0.2, 0.25) is 5.02 Å². The van der Waals surface area contributed by atoms with E-state index in [9.17, 15) is 9.59 Å². The standard InChI is InChI=1S/C17H24ClN3O2/c1-11(2)10-20-17(23)14-6-5-13(8-15(14)18)21-16(22)9-12-4-3-7-19-12/h5-6,8,11-12,19H,3-4,7,9-10H2,1-2H3,(H,20,23)(H,21,22). The van der Waals surface area contributed by atoms with Gasteiger partial charge in [0.25, 0.3) is 5.91 Å². The SMILES string of the molecule is CC(C)CNC(=O)c1ccc(NC(=O)CC2CCCN2)cc1Cl. The Labute approximate surface area is 142 Å². The summed E-state index contributed by atoms with van der Waals surface area (Å²) in [6.45, 7) is 5.63. The average molecular weight is 338 g/mol. The van der Waals surface area contributed by atoms with Crippen LogP contribution in [-0.4, -0.2) is 30.9 Å². The highest BCUT2D eigenvalue weighted by atomic mass is 35.5. The number of hydrogen-bond donors (Lipinski definition) is 3. The number of hydrogen-bond acceptors (Lipinski definition) is 3. The van der Waals surface area contributed by atoms with Gasteiger partial charge in [0, 0.05) is 24.7 Å². The van der Waals surface area contributed by atoms with Gasteiger partial charge in [-0.25, -0.2) is 0 Å². The van der Waals surface area contributed by atoms with Gasteiger partial charge < -0.3 is 16.0 Å². The third kappa shape index (κ3) is 5.52. The zero-order valence-electron chi connectivity index (χ0n) is 13.6. The highest BCUT2D eigenvalue weighted by Gasteiger charge is 2.18. The lowest BCUT2D eigenvalue weighted by Crippen LogP contribution is -2.28. The quantitative estimate of drug-likeness (QED) is 0.747. The summed E-state index contributed by atoms with van der Waals surface area (Å²) in [5, 5.41) is 9.29. The molecule has 1 aromatic carbocycles. The topological polar surface area (TPSA) is 70.2 Å². The summed E-state index contributed by atoms with van der Waals surface area (Å²) in [4.78, 5) is 24.0. The van der Waals surface area contributed by atoms with E-state index in [2.05, 4.69) is 16.0 Å². The van der Waals surface area contributed by atoms with Crippen LogP contribution >= 0.6 is 11.6 Å². The van der Waals surface area contributed by atoms with Crippen LogP contribution in [0.1, 0.15) is 43.5 Å². The monoisotopic (exact) mass is 337 g/mol. The van der Waals surface area contributed by atoms with Crippen LogP contribution in [0.5, 0.6) is 0 Å². The van der Waals surface area contributed by atoms with Gasteiger partial charge >= 0.3 is 0 Å². The lowest BCUT2D eigenvalue weighted by atomic mass is 10.1. The van der Waals surface area contributed by atoms with Crippen molar-refractivity contribution in [3.63, 3.8) is 0 Å². The number of nitrogens with one attached hydrogen (secondary N) is 3. The Bertz CT molecular complexity index is 569. The van der Waals surface area contributed by atoms with Crippen molar-refractivity contribution in [3.05, 3.63) is 28.8 Å². The molecule has 2 amide bonds. The molecule has 1 aliphatic heterocycles. The van der Waals surface area contributed by atoms with E-state index >= 15 is 0 Å². The summed E-state index contributed by atoms with van der Waals surface area (Å²) >= 11 is 6.17. The van der Waals surface area contributed by atoms with E-state index in [1.165, 1.54) is 0 Å². The second kappa shape index (κ2) is 8.31. The molecule has 3 N–H and O–H groups in total. The van der Waals surface area contributed by atoms with E-state index < -0.39 is 0 Å². The number of rotatable bonds is 6. The molecule has 1 fully saturated rings. The van der Waals surface area contributed by atoms with E-state index in [-0.39, 0.29) is 17.9 Å². The minimum Gasteiger partial charge on any atom is -0.352 e. The molecule has 1 unspecified atom stereocenters. The summed E-state index contributed by atoms with van der Waals surface area (Å²) in [6, 6.07) is 5.22. The van der Waals surface area contributed by atoms with Crippen molar-refractivity contribution in [1.82, 2.24) is 10.6 Å². The van der Waals surface area contributed by atoms with Crippen LogP contribution in [0.15, 0.2) is 18.2 Å². The molecule has 0 radical (unpaired) electrons. The van der Waals surface area contributed by atoms with E-state index in [1.807, 2.05) is 13.8 Å². The Balaban J connectivity index is 1.92. The van der Waals surface area contributed by atoms with Gasteiger partial charge in [-0.1, -0.05) is 25.4 Å². The van der Waals surface area contributed by atoms with Gasteiger partial charge in [-0.3, -0.25) is 9.59 Å². The number of halogens is 1. The predicted molar refractivity (Wildman–Crippen MR) is 92.9 cm³/mol. The maximum Gasteiger partial charge on any atom is 0.252 e. The molecule has 1 aliphatic rings. The lowest BCUT2D eigenvalue weighted by molar-refractivity contribution is -0.116. The smallest absolute Gasteiger partial charge is 0.252 e. The van der Waals surface area contributed by atoms with Crippen LogP contribution < -0.4 is 16.0 Å². The number of amides is 2. The van der Waals surface area contributed by atoms with Crippen molar-refractivity contribution in [3.8, 4) is 0 Å². The summed E-state index contributed by atoms with van der Waals surface area (Å²) in [7, 11) is 0. The van der Waals surface area contributed by atoms with Crippen molar-refractivity contribution >= 4 is 29.1 Å². The molecule has 5 nitrogen and oxygen atoms in total. The third-order valence-electron chi connectivity index (χ3n) is 3.76. The Morgan fingerprint density at radius 3 is 2.78 bits per heavy atom. The predicted octanol–water partition coefficient (Wildman–Crippen LogP) is 2.81. The number of benzene rings is 1. The fourth-order valence-corrected chi connectivity index (χ4v) is 2.80. The number of anilines is 1. The maximum atomic E-state index is 12.0. The summed E-state index contributed by atoms with van der Waals surface area (Å²) in [6.07, 6.45) is 2.60. The van der Waals surface area contributed by atoms with Gasteiger partial charge in [-0.15, -0.1) is 0 Å². The summed E-state index contributed by atoms with van der Waals surface area (Å²) in [5.41, 5.74) is 1.03. The second-order valence-electron chi connectivity index (χ2n) is 6.34. The molecule has 0 spiro atoms. The molecule has 0 bridgehead atoms. The maximum absolute atomic E-state index is 12.0. The first-order chi connectivity index (χ1) is 11.0. The molecule has 126 valence electrons. The summed E-state index contributed by atoms with van der Waals surface area (Å²) < 4.78 is 0. The number of carbonyl (C=O) groups is 2. The zero-order chi connectivity index (χ0) is 16.8. The van der Waals surface area contributed by atoms with Crippen molar-refractivity contribution in [2.75, 3.05) is 18.4 Å². The average Bonchev–Trinajstić information content (AvgIpc) is 2.97. The molecular weight excluding hydrogens is 314 g/mol. The third-order valence-corrected chi connectivity index (χ3v) is 4.08. The first-order valence-corrected chi connectivity index (χ1v) is 8.44. The molecule has 6 heteroatoms. The zero-order valence-corrected chi connectivity index (χ0v) is 14.4. The fourth-order valence-electron chi connectivity index (χ4n) is 2.54. The minimum atomic E-state index is -0.197. The van der Waals surface area contributed by atoms with Crippen LogP contribution in [0.25, 0.3) is 0 Å². The normalized spacial score (nSPS) is 17.3. The van der Waals surface area contributed by atoms with Gasteiger partial charge in [-0.05, 0) is 43.5 Å². The Morgan fingerprint density at radius 1 is 1.39 bits per heavy atom. The molecule has 1 heterocycles. The molecule has 1 atom stereocenters. The van der Waals surface area contributed by atoms with E-state index in [1.54, 1.807) is 18.2 Å². The first kappa shape index (κ1) is 17.8. The van der Waals surface area contributed by atoms with Crippen LogP contribution in [0.3, 0.4) is 0 Å². The second-order valence-corrected chi connectivity index (χ2v) is 6.75. The van der Waals surface area contributed by atoms with E-state index in [4.69, 9.17) is 11.6 Å². The van der Waals surface area contributed by atoms with E-state index in [0.717, 1.165) is 19.4 Å². The van der Waals surface area contributed by atoms with E-state index in [0.29, 0.717) is 35.2 Å². The molecule has 2 rings (SSSR count). The van der Waals surface area contributed by atoms with Gasteiger partial charge in [0.05, 0.1) is 10.6 Å². The summed E-state index contributed by atoms with van der Waals surface area (Å²) in [5.74, 6) is 0.134. The van der Waals surface area contributed by atoms with Crippen molar-refractivity contribution in [2.24, 2.45) is 5.92 Å². The molecule has 0 saturated carbocycles. The molecular formula is C17H24ClN3O2. The van der Waals surface area contributed by atoms with Gasteiger partial charge in [-0.2, -0.15) is 0 Å². The van der Waals surface area contributed by atoms with Crippen molar-refractivity contribution < 1.29 is 9.59 Å². The van der Waals surface area contributed by atoms with Crippen LogP contribution in [-0.2, 0) is 4.79 Å². The lowest BCUT2D eigenvalue weighted by Gasteiger charge is -2.12. The Morgan fingerprint density at radius 2 is 2.17 bits per heavy atom. The molecule has 1 aromatic rings. The molecule has 0 aliphatic carbocycles. The molecule has 1 saturated heterocycles. The first-order valence-electron chi connectivity index (χ1n) is 8.06. The minimum absolute atomic E-state index is 0.0440. The van der Waals surface area contributed by atoms with Crippen molar-refractivity contribution in [1.29, 1.82) is 0 Å². The Kier molecular flexibility index (Phi) is 6.42. The van der Waals surface area contributed by atoms with Crippen LogP contribution in [0.4, 0.5) is 5.69 Å². The fraction of sp³-hybridized carbons (Fsp3) is 0.529. The van der Waals surface area contributed by atoms with Gasteiger partial charge in [0.2, 0.25) is 5.91 Å². The largest absolute Gasteiger partial charge is 0.352 e. The number of carbonyl (C=O) groups excluding carboxylic acids is 2. The molecule has 0 aromatic heterocycles. The highest BCUT2D eigenvalue weighted by molar-refractivity contribution is 6.34. The van der Waals surface area contributed by atoms with Crippen molar-refractivity contribution in [2.45, 2.75) is 39.2 Å². The van der Waals surface area contributed by atoms with Crippen LogP contribution in [0, 0.1) is 5.92 Å². The molecule has 23 heavy (non-hydrogen) atoms. The Hall–Kier alpha value is -1.59. The van der Waals surface area contributed by atoms with Gasteiger partial charge in [0.1, 0.15) is 0 Å².